The molecule has 0 radical (unpaired) electrons. The zero-order valence-corrected chi connectivity index (χ0v) is 13.8. The van der Waals surface area contributed by atoms with Gasteiger partial charge >= 0.3 is 0 Å². The standard InChI is InChI=1S/C18H24FN3O2/c19-15-7-5-6-14(12-15)17-18(24)20-8-11-22(17)16(23)13-21-9-3-1-2-4-10-21/h5-7,12,17H,1-4,8-11,13H2,(H,20,24). The number of piperazine rings is 1. The molecule has 5 nitrogen and oxygen atoms in total. The summed E-state index contributed by atoms with van der Waals surface area (Å²) in [6.07, 6.45) is 4.65. The third kappa shape index (κ3) is 3.93. The van der Waals surface area contributed by atoms with Crippen LogP contribution in [-0.4, -0.2) is 54.3 Å². The van der Waals surface area contributed by atoms with Gasteiger partial charge in [0.1, 0.15) is 11.9 Å². The Morgan fingerprint density at radius 2 is 1.92 bits per heavy atom. The quantitative estimate of drug-likeness (QED) is 0.916. The molecule has 2 fully saturated rings. The van der Waals surface area contributed by atoms with Gasteiger partial charge in [-0.25, -0.2) is 4.39 Å². The third-order valence-corrected chi connectivity index (χ3v) is 4.75. The van der Waals surface area contributed by atoms with Gasteiger partial charge in [-0.15, -0.1) is 0 Å². The van der Waals surface area contributed by atoms with Gasteiger partial charge in [0, 0.05) is 13.1 Å². The Balaban J connectivity index is 1.75. The average molecular weight is 333 g/mol. The molecule has 1 aromatic rings. The zero-order chi connectivity index (χ0) is 16.9. The van der Waals surface area contributed by atoms with Gasteiger partial charge in [0.15, 0.2) is 0 Å². The summed E-state index contributed by atoms with van der Waals surface area (Å²) in [5, 5.41) is 2.78. The predicted octanol–water partition coefficient (Wildman–Crippen LogP) is 1.70. The van der Waals surface area contributed by atoms with Crippen LogP contribution < -0.4 is 5.32 Å². The maximum atomic E-state index is 13.6. The molecule has 0 bridgehead atoms. The molecule has 2 amide bonds. The molecule has 1 aromatic carbocycles. The molecule has 3 rings (SSSR count). The van der Waals surface area contributed by atoms with E-state index in [1.807, 2.05) is 0 Å². The van der Waals surface area contributed by atoms with E-state index in [4.69, 9.17) is 0 Å². The second-order valence-corrected chi connectivity index (χ2v) is 6.53. The molecule has 1 unspecified atom stereocenters. The molecular weight excluding hydrogens is 309 g/mol. The van der Waals surface area contributed by atoms with Crippen molar-refractivity contribution in [1.29, 1.82) is 0 Å². The highest BCUT2D eigenvalue weighted by atomic mass is 19.1. The molecule has 130 valence electrons. The number of benzene rings is 1. The van der Waals surface area contributed by atoms with Crippen molar-refractivity contribution in [3.05, 3.63) is 35.6 Å². The number of carbonyl (C=O) groups is 2. The number of hydrogen-bond acceptors (Lipinski definition) is 3. The predicted molar refractivity (Wildman–Crippen MR) is 88.8 cm³/mol. The van der Waals surface area contributed by atoms with E-state index in [1.165, 1.54) is 25.0 Å². The number of hydrogen-bond donors (Lipinski definition) is 1. The number of amides is 2. The maximum absolute atomic E-state index is 13.6. The Hall–Kier alpha value is -1.95. The van der Waals surface area contributed by atoms with Crippen molar-refractivity contribution < 1.29 is 14.0 Å². The first-order valence-corrected chi connectivity index (χ1v) is 8.70. The zero-order valence-electron chi connectivity index (χ0n) is 13.8. The minimum atomic E-state index is -0.742. The van der Waals surface area contributed by atoms with Crippen LogP contribution in [0.2, 0.25) is 0 Å². The highest BCUT2D eigenvalue weighted by Gasteiger charge is 2.34. The number of carbonyl (C=O) groups excluding carboxylic acids is 2. The smallest absolute Gasteiger partial charge is 0.247 e. The van der Waals surface area contributed by atoms with E-state index in [1.54, 1.807) is 17.0 Å². The molecule has 1 atom stereocenters. The van der Waals surface area contributed by atoms with Gasteiger partial charge in [0.05, 0.1) is 6.54 Å². The third-order valence-electron chi connectivity index (χ3n) is 4.75. The molecule has 0 spiro atoms. The van der Waals surface area contributed by atoms with E-state index in [2.05, 4.69) is 10.2 Å². The highest BCUT2D eigenvalue weighted by Crippen LogP contribution is 2.24. The molecular formula is C18H24FN3O2. The van der Waals surface area contributed by atoms with Crippen molar-refractivity contribution in [3.8, 4) is 0 Å². The average Bonchev–Trinajstić information content (AvgIpc) is 2.83. The Morgan fingerprint density at radius 1 is 1.17 bits per heavy atom. The molecule has 2 aliphatic rings. The summed E-state index contributed by atoms with van der Waals surface area (Å²) in [5.74, 6) is -0.692. The lowest BCUT2D eigenvalue weighted by atomic mass is 10.0. The molecule has 2 heterocycles. The second kappa shape index (κ2) is 7.75. The van der Waals surface area contributed by atoms with Crippen molar-refractivity contribution in [3.63, 3.8) is 0 Å². The molecule has 2 aliphatic heterocycles. The summed E-state index contributed by atoms with van der Waals surface area (Å²) in [6, 6.07) is 5.21. The van der Waals surface area contributed by atoms with E-state index in [9.17, 15) is 14.0 Å². The van der Waals surface area contributed by atoms with Gasteiger partial charge in [-0.05, 0) is 43.6 Å². The largest absolute Gasteiger partial charge is 0.352 e. The molecule has 1 N–H and O–H groups in total. The summed E-state index contributed by atoms with van der Waals surface area (Å²) in [5.41, 5.74) is 0.524. The van der Waals surface area contributed by atoms with E-state index in [0.717, 1.165) is 25.9 Å². The van der Waals surface area contributed by atoms with Crippen molar-refractivity contribution in [2.75, 3.05) is 32.7 Å². The minimum absolute atomic E-state index is 0.0546. The van der Waals surface area contributed by atoms with Gasteiger partial charge in [0.2, 0.25) is 11.8 Å². The van der Waals surface area contributed by atoms with Crippen LogP contribution in [0.1, 0.15) is 37.3 Å². The summed E-state index contributed by atoms with van der Waals surface area (Å²) < 4.78 is 13.6. The molecule has 0 aliphatic carbocycles. The monoisotopic (exact) mass is 333 g/mol. The molecule has 0 saturated carbocycles. The topological polar surface area (TPSA) is 52.7 Å². The molecule has 0 aromatic heterocycles. The van der Waals surface area contributed by atoms with Crippen molar-refractivity contribution in [1.82, 2.24) is 15.1 Å². The number of halogens is 1. The fourth-order valence-electron chi connectivity index (χ4n) is 3.52. The summed E-state index contributed by atoms with van der Waals surface area (Å²) in [6.45, 7) is 3.09. The number of rotatable bonds is 3. The first-order valence-electron chi connectivity index (χ1n) is 8.70. The van der Waals surface area contributed by atoms with E-state index >= 15 is 0 Å². The summed E-state index contributed by atoms with van der Waals surface area (Å²) >= 11 is 0. The van der Waals surface area contributed by atoms with Crippen LogP contribution >= 0.6 is 0 Å². The molecule has 6 heteroatoms. The Labute approximate surface area is 141 Å². The van der Waals surface area contributed by atoms with Crippen LogP contribution in [0.25, 0.3) is 0 Å². The SMILES string of the molecule is O=C1NCCN(C(=O)CN2CCCCCC2)C1c1cccc(F)c1. The first kappa shape index (κ1) is 16.9. The minimum Gasteiger partial charge on any atom is -0.352 e. The van der Waals surface area contributed by atoms with Crippen molar-refractivity contribution in [2.24, 2.45) is 0 Å². The fourth-order valence-corrected chi connectivity index (χ4v) is 3.52. The van der Waals surface area contributed by atoms with Crippen LogP contribution in [0, 0.1) is 5.82 Å². The Kier molecular flexibility index (Phi) is 5.45. The van der Waals surface area contributed by atoms with Crippen LogP contribution in [0.4, 0.5) is 4.39 Å². The summed E-state index contributed by atoms with van der Waals surface area (Å²) in [4.78, 5) is 28.9. The summed E-state index contributed by atoms with van der Waals surface area (Å²) in [7, 11) is 0. The number of nitrogens with zero attached hydrogens (tertiary/aromatic N) is 2. The fraction of sp³-hybridized carbons (Fsp3) is 0.556. The number of likely N-dealkylation sites (tertiary alicyclic amines) is 1. The Morgan fingerprint density at radius 3 is 2.62 bits per heavy atom. The van der Waals surface area contributed by atoms with Gasteiger partial charge in [-0.1, -0.05) is 25.0 Å². The second-order valence-electron chi connectivity index (χ2n) is 6.53. The number of nitrogens with one attached hydrogen (secondary N) is 1. The first-order chi connectivity index (χ1) is 11.6. The van der Waals surface area contributed by atoms with Crippen LogP contribution in [0.15, 0.2) is 24.3 Å². The molecule has 2 saturated heterocycles. The lowest BCUT2D eigenvalue weighted by Gasteiger charge is -2.36. The normalized spacial score (nSPS) is 22.8. The van der Waals surface area contributed by atoms with E-state index < -0.39 is 11.9 Å². The van der Waals surface area contributed by atoms with Crippen LogP contribution in [0.3, 0.4) is 0 Å². The van der Waals surface area contributed by atoms with Crippen molar-refractivity contribution >= 4 is 11.8 Å². The van der Waals surface area contributed by atoms with Gasteiger partial charge < -0.3 is 10.2 Å². The lowest BCUT2D eigenvalue weighted by Crippen LogP contribution is -2.54. The molecule has 24 heavy (non-hydrogen) atoms. The van der Waals surface area contributed by atoms with Gasteiger partial charge in [0.25, 0.3) is 0 Å². The Bertz CT molecular complexity index is 600. The van der Waals surface area contributed by atoms with Crippen molar-refractivity contribution in [2.45, 2.75) is 31.7 Å². The maximum Gasteiger partial charge on any atom is 0.247 e. The van der Waals surface area contributed by atoms with Crippen LogP contribution in [-0.2, 0) is 9.59 Å². The lowest BCUT2D eigenvalue weighted by molar-refractivity contribution is -0.144. The van der Waals surface area contributed by atoms with E-state index in [0.29, 0.717) is 25.2 Å². The van der Waals surface area contributed by atoms with Gasteiger partial charge in [-0.3, -0.25) is 14.5 Å². The van der Waals surface area contributed by atoms with Gasteiger partial charge in [-0.2, -0.15) is 0 Å². The highest BCUT2D eigenvalue weighted by molar-refractivity contribution is 5.90. The van der Waals surface area contributed by atoms with E-state index in [-0.39, 0.29) is 11.8 Å². The van der Waals surface area contributed by atoms with Crippen LogP contribution in [0.5, 0.6) is 0 Å².